The molecule has 0 saturated heterocycles. The third kappa shape index (κ3) is 2.26. The number of benzene rings is 1. The molecule has 0 aliphatic rings. The van der Waals surface area contributed by atoms with Gasteiger partial charge < -0.3 is 20.0 Å². The van der Waals surface area contributed by atoms with E-state index in [0.717, 1.165) is 0 Å². The number of para-hydroxylation sites is 2. The smallest absolute Gasteiger partial charge is 0.277 e. The zero-order valence-electron chi connectivity index (χ0n) is 10.4. The number of aromatic nitrogens is 1. The van der Waals surface area contributed by atoms with Gasteiger partial charge in [0.15, 0.2) is 11.5 Å². The van der Waals surface area contributed by atoms with Gasteiger partial charge in [0.05, 0.1) is 17.6 Å². The number of amides is 1. The second kappa shape index (κ2) is 4.93. The predicted octanol–water partition coefficient (Wildman–Crippen LogP) is 2.77. The van der Waals surface area contributed by atoms with Gasteiger partial charge in [0.2, 0.25) is 5.76 Å². The van der Waals surface area contributed by atoms with E-state index in [1.165, 1.54) is 12.3 Å². The van der Waals surface area contributed by atoms with E-state index in [4.69, 9.17) is 14.7 Å². The fourth-order valence-corrected chi connectivity index (χ4v) is 1.71. The van der Waals surface area contributed by atoms with Gasteiger partial charge in [-0.05, 0) is 24.3 Å². The summed E-state index contributed by atoms with van der Waals surface area (Å²) < 4.78 is 10.2. The van der Waals surface area contributed by atoms with E-state index >= 15 is 0 Å². The van der Waals surface area contributed by atoms with Crippen LogP contribution in [0, 0.1) is 0 Å². The number of hydrogen-bond donors (Lipinski definition) is 2. The number of rotatable bonds is 3. The molecule has 100 valence electrons. The highest BCUT2D eigenvalue weighted by Gasteiger charge is 2.15. The maximum absolute atomic E-state index is 12.0. The zero-order valence-corrected chi connectivity index (χ0v) is 10.4. The lowest BCUT2D eigenvalue weighted by Crippen LogP contribution is -2.13. The molecule has 1 amide bonds. The van der Waals surface area contributed by atoms with Crippen LogP contribution < -0.4 is 11.1 Å². The summed E-state index contributed by atoms with van der Waals surface area (Å²) in [7, 11) is 0. The van der Waals surface area contributed by atoms with Gasteiger partial charge in [-0.15, -0.1) is 0 Å². The molecule has 0 radical (unpaired) electrons. The zero-order chi connectivity index (χ0) is 13.9. The average Bonchev–Trinajstić information content (AvgIpc) is 3.11. The molecule has 3 rings (SSSR count). The molecule has 0 aliphatic carbocycles. The first-order valence-corrected chi connectivity index (χ1v) is 5.90. The number of nitrogens with two attached hydrogens (primary N) is 1. The molecule has 0 aliphatic heterocycles. The molecular formula is C14H11N3O3. The van der Waals surface area contributed by atoms with Crippen LogP contribution in [0.1, 0.15) is 10.5 Å². The minimum absolute atomic E-state index is 0.152. The molecule has 20 heavy (non-hydrogen) atoms. The molecule has 2 heterocycles. The Morgan fingerprint density at radius 1 is 1.15 bits per heavy atom. The number of nitrogens with zero attached hydrogens (tertiary/aromatic N) is 1. The summed E-state index contributed by atoms with van der Waals surface area (Å²) in [6.07, 6.45) is 1.52. The highest BCUT2D eigenvalue weighted by molar-refractivity contribution is 6.04. The van der Waals surface area contributed by atoms with Crippen molar-refractivity contribution in [2.24, 2.45) is 0 Å². The lowest BCUT2D eigenvalue weighted by molar-refractivity contribution is 0.101. The van der Waals surface area contributed by atoms with Crippen molar-refractivity contribution in [1.29, 1.82) is 0 Å². The lowest BCUT2D eigenvalue weighted by atomic mass is 10.2. The summed E-state index contributed by atoms with van der Waals surface area (Å²) in [6.45, 7) is 0. The van der Waals surface area contributed by atoms with Crippen molar-refractivity contribution in [2.75, 3.05) is 11.1 Å². The molecule has 0 atom stereocenters. The van der Waals surface area contributed by atoms with Crippen molar-refractivity contribution in [2.45, 2.75) is 0 Å². The van der Waals surface area contributed by atoms with E-state index in [2.05, 4.69) is 10.5 Å². The van der Waals surface area contributed by atoms with Crippen LogP contribution in [0.4, 0.5) is 11.4 Å². The monoisotopic (exact) mass is 269 g/mol. The first-order valence-electron chi connectivity index (χ1n) is 5.90. The van der Waals surface area contributed by atoms with Crippen molar-refractivity contribution in [3.8, 4) is 11.5 Å². The third-order valence-electron chi connectivity index (χ3n) is 2.72. The van der Waals surface area contributed by atoms with Gasteiger partial charge in [-0.25, -0.2) is 0 Å². The van der Waals surface area contributed by atoms with E-state index in [1.807, 2.05) is 0 Å². The first-order chi connectivity index (χ1) is 9.74. The fraction of sp³-hybridized carbons (Fsp3) is 0. The number of nitrogen functional groups attached to an aromatic ring is 1. The first kappa shape index (κ1) is 12.0. The second-order valence-electron chi connectivity index (χ2n) is 4.10. The Balaban J connectivity index is 1.80. The normalized spacial score (nSPS) is 10.4. The minimum Gasteiger partial charge on any atom is -0.461 e. The van der Waals surface area contributed by atoms with E-state index < -0.39 is 5.91 Å². The maximum atomic E-state index is 12.0. The van der Waals surface area contributed by atoms with Gasteiger partial charge in [0.25, 0.3) is 5.91 Å². The summed E-state index contributed by atoms with van der Waals surface area (Å²) >= 11 is 0. The second-order valence-corrected chi connectivity index (χ2v) is 4.10. The fourth-order valence-electron chi connectivity index (χ4n) is 1.71. The summed E-state index contributed by atoms with van der Waals surface area (Å²) in [5.74, 6) is 0.501. The number of hydrogen-bond acceptors (Lipinski definition) is 5. The molecule has 3 N–H and O–H groups in total. The van der Waals surface area contributed by atoms with Crippen LogP contribution in [0.2, 0.25) is 0 Å². The highest BCUT2D eigenvalue weighted by Crippen LogP contribution is 2.22. The molecule has 6 heteroatoms. The lowest BCUT2D eigenvalue weighted by Gasteiger charge is -2.05. The Labute approximate surface area is 114 Å². The van der Waals surface area contributed by atoms with Crippen molar-refractivity contribution < 1.29 is 13.7 Å². The standard InChI is InChI=1S/C14H11N3O3/c15-9-4-1-2-5-10(9)16-14(18)11-8-13(20-17-11)12-6-3-7-19-12/h1-8H,15H2,(H,16,18). The topological polar surface area (TPSA) is 94.3 Å². The van der Waals surface area contributed by atoms with Crippen molar-refractivity contribution in [3.63, 3.8) is 0 Å². The Hall–Kier alpha value is -3.02. The maximum Gasteiger partial charge on any atom is 0.277 e. The SMILES string of the molecule is Nc1ccccc1NC(=O)c1cc(-c2ccco2)on1. The van der Waals surface area contributed by atoms with Gasteiger partial charge in [-0.3, -0.25) is 4.79 Å². The molecule has 0 bridgehead atoms. The van der Waals surface area contributed by atoms with Crippen molar-refractivity contribution >= 4 is 17.3 Å². The van der Waals surface area contributed by atoms with Crippen molar-refractivity contribution in [1.82, 2.24) is 5.16 Å². The van der Waals surface area contributed by atoms with Crippen LogP contribution in [-0.4, -0.2) is 11.1 Å². The minimum atomic E-state index is -0.399. The molecule has 0 unspecified atom stereocenters. The molecule has 0 spiro atoms. The molecule has 0 fully saturated rings. The van der Waals surface area contributed by atoms with Crippen LogP contribution in [0.25, 0.3) is 11.5 Å². The van der Waals surface area contributed by atoms with Crippen LogP contribution >= 0.6 is 0 Å². The number of furan rings is 1. The van der Waals surface area contributed by atoms with E-state index in [9.17, 15) is 4.79 Å². The van der Waals surface area contributed by atoms with Crippen LogP contribution in [0.5, 0.6) is 0 Å². The van der Waals surface area contributed by atoms with Crippen LogP contribution in [-0.2, 0) is 0 Å². The average molecular weight is 269 g/mol. The highest BCUT2D eigenvalue weighted by atomic mass is 16.5. The third-order valence-corrected chi connectivity index (χ3v) is 2.72. The van der Waals surface area contributed by atoms with Gasteiger partial charge in [0.1, 0.15) is 0 Å². The Bertz CT molecular complexity index is 732. The van der Waals surface area contributed by atoms with E-state index in [1.54, 1.807) is 36.4 Å². The molecule has 6 nitrogen and oxygen atoms in total. The number of carbonyl (C=O) groups excluding carboxylic acids is 1. The van der Waals surface area contributed by atoms with Crippen LogP contribution in [0.15, 0.2) is 57.7 Å². The van der Waals surface area contributed by atoms with Crippen LogP contribution in [0.3, 0.4) is 0 Å². The molecule has 2 aromatic heterocycles. The Morgan fingerprint density at radius 2 is 2.00 bits per heavy atom. The quantitative estimate of drug-likeness (QED) is 0.713. The van der Waals surface area contributed by atoms with Gasteiger partial charge in [0, 0.05) is 6.07 Å². The van der Waals surface area contributed by atoms with Crippen molar-refractivity contribution in [3.05, 3.63) is 54.4 Å². The Morgan fingerprint density at radius 3 is 2.75 bits per heavy atom. The number of nitrogens with one attached hydrogen (secondary N) is 1. The molecule has 3 aromatic rings. The predicted molar refractivity (Wildman–Crippen MR) is 73.0 cm³/mol. The molecular weight excluding hydrogens is 258 g/mol. The number of anilines is 2. The van der Waals surface area contributed by atoms with Gasteiger partial charge in [-0.1, -0.05) is 17.3 Å². The summed E-state index contributed by atoms with van der Waals surface area (Å²) in [5.41, 5.74) is 6.92. The van der Waals surface area contributed by atoms with E-state index in [0.29, 0.717) is 22.9 Å². The largest absolute Gasteiger partial charge is 0.461 e. The molecule has 1 aromatic carbocycles. The van der Waals surface area contributed by atoms with Gasteiger partial charge in [-0.2, -0.15) is 0 Å². The van der Waals surface area contributed by atoms with E-state index in [-0.39, 0.29) is 5.69 Å². The number of carbonyl (C=O) groups is 1. The van der Waals surface area contributed by atoms with Gasteiger partial charge >= 0.3 is 0 Å². The summed E-state index contributed by atoms with van der Waals surface area (Å²) in [5, 5.41) is 6.38. The molecule has 0 saturated carbocycles. The summed E-state index contributed by atoms with van der Waals surface area (Å²) in [4.78, 5) is 12.0. The Kier molecular flexibility index (Phi) is 2.96. The summed E-state index contributed by atoms with van der Waals surface area (Å²) in [6, 6.07) is 11.9.